The predicted molar refractivity (Wildman–Crippen MR) is 115 cm³/mol. The molecule has 12 heteroatoms. The van der Waals surface area contributed by atoms with Crippen LogP contribution in [0.5, 0.6) is 5.88 Å². The fraction of sp³-hybridized carbons (Fsp3) is 0.278. The minimum Gasteiger partial charge on any atom is -0.479 e. The number of anilines is 3. The highest BCUT2D eigenvalue weighted by molar-refractivity contribution is 9.10. The van der Waals surface area contributed by atoms with Gasteiger partial charge in [0.05, 0.1) is 30.2 Å². The van der Waals surface area contributed by atoms with Crippen LogP contribution in [0.25, 0.3) is 11.0 Å². The molecular weight excluding hydrogens is 456 g/mol. The van der Waals surface area contributed by atoms with Crippen LogP contribution in [0, 0.1) is 5.41 Å². The first kappa shape index (κ1) is 20.0. The van der Waals surface area contributed by atoms with E-state index >= 15 is 0 Å². The van der Waals surface area contributed by atoms with Crippen molar-refractivity contribution < 1.29 is 14.3 Å². The number of halogens is 1. The number of fused-ring (bicyclic) bond motifs is 1. The van der Waals surface area contributed by atoms with Gasteiger partial charge in [-0.05, 0) is 22.0 Å². The molecule has 0 saturated carbocycles. The Morgan fingerprint density at radius 2 is 2.20 bits per heavy atom. The molecule has 156 valence electrons. The van der Waals surface area contributed by atoms with Crippen molar-refractivity contribution in [2.24, 2.45) is 0 Å². The molecule has 1 amide bonds. The van der Waals surface area contributed by atoms with Crippen molar-refractivity contribution in [3.63, 3.8) is 0 Å². The Labute approximate surface area is 179 Å². The van der Waals surface area contributed by atoms with Gasteiger partial charge in [0.1, 0.15) is 35.0 Å². The zero-order valence-electron chi connectivity index (χ0n) is 16.0. The maximum absolute atomic E-state index is 13.0. The van der Waals surface area contributed by atoms with Gasteiger partial charge >= 0.3 is 0 Å². The molecule has 0 radical (unpaired) electrons. The summed E-state index contributed by atoms with van der Waals surface area (Å²) in [6.45, 7) is 2.07. The number of amides is 1. The normalized spacial score (nSPS) is 14.0. The molecule has 1 fully saturated rings. The quantitative estimate of drug-likeness (QED) is 0.408. The highest BCUT2D eigenvalue weighted by Crippen LogP contribution is 2.35. The van der Waals surface area contributed by atoms with Crippen molar-refractivity contribution in [2.45, 2.75) is 0 Å². The van der Waals surface area contributed by atoms with E-state index in [0.717, 1.165) is 6.21 Å². The Hall–Kier alpha value is -3.25. The molecule has 4 heterocycles. The lowest BCUT2D eigenvalue weighted by molar-refractivity contribution is 0.0299. The average molecular weight is 475 g/mol. The number of nitrogens with one attached hydrogen (secondary N) is 3. The Morgan fingerprint density at radius 3 is 2.90 bits per heavy atom. The lowest BCUT2D eigenvalue weighted by Crippen LogP contribution is -2.40. The zero-order chi connectivity index (χ0) is 21.3. The number of aromatic nitrogens is 4. The van der Waals surface area contributed by atoms with E-state index in [-0.39, 0.29) is 17.6 Å². The fourth-order valence-corrected chi connectivity index (χ4v) is 3.81. The number of nitrogen functional groups attached to an aromatic ring is 1. The molecule has 0 aromatic carbocycles. The number of carbonyl (C=O) groups is 1. The van der Waals surface area contributed by atoms with Crippen molar-refractivity contribution in [2.75, 3.05) is 44.5 Å². The Morgan fingerprint density at radius 1 is 1.43 bits per heavy atom. The van der Waals surface area contributed by atoms with Crippen molar-refractivity contribution in [1.29, 1.82) is 5.41 Å². The lowest BCUT2D eigenvalue weighted by Gasteiger charge is -2.26. The minimum atomic E-state index is -0.146. The fourth-order valence-electron chi connectivity index (χ4n) is 3.17. The molecule has 5 N–H and O–H groups in total. The molecule has 0 unspecified atom stereocenters. The first-order valence-electron chi connectivity index (χ1n) is 9.04. The summed E-state index contributed by atoms with van der Waals surface area (Å²) in [7, 11) is 1.47. The number of hydrogen-bond donors (Lipinski definition) is 4. The van der Waals surface area contributed by atoms with Gasteiger partial charge in [0, 0.05) is 24.9 Å². The number of rotatable bonds is 5. The van der Waals surface area contributed by atoms with E-state index in [1.807, 2.05) is 0 Å². The highest BCUT2D eigenvalue weighted by atomic mass is 79.9. The van der Waals surface area contributed by atoms with Crippen molar-refractivity contribution >= 4 is 56.4 Å². The number of ether oxygens (including phenoxy) is 2. The first-order valence-corrected chi connectivity index (χ1v) is 9.84. The number of morpholine rings is 1. The summed E-state index contributed by atoms with van der Waals surface area (Å²) in [5, 5.41) is 11.2. The Balaban J connectivity index is 1.75. The summed E-state index contributed by atoms with van der Waals surface area (Å²) in [4.78, 5) is 30.5. The minimum absolute atomic E-state index is 0.146. The van der Waals surface area contributed by atoms with Crippen LogP contribution in [0.2, 0.25) is 0 Å². The summed E-state index contributed by atoms with van der Waals surface area (Å²) in [5.74, 6) is 0.722. The number of H-pyrrole nitrogens is 1. The number of hydrogen-bond acceptors (Lipinski definition) is 9. The van der Waals surface area contributed by atoms with E-state index in [1.54, 1.807) is 11.0 Å². The van der Waals surface area contributed by atoms with Crippen molar-refractivity contribution in [1.82, 2.24) is 24.8 Å². The van der Waals surface area contributed by atoms with E-state index in [1.165, 1.54) is 13.4 Å². The highest BCUT2D eigenvalue weighted by Gasteiger charge is 2.25. The predicted octanol–water partition coefficient (Wildman–Crippen LogP) is 1.92. The third kappa shape index (κ3) is 3.55. The topological polar surface area (TPSA) is 155 Å². The van der Waals surface area contributed by atoms with Gasteiger partial charge in [0.2, 0.25) is 5.88 Å². The van der Waals surface area contributed by atoms with E-state index in [9.17, 15) is 4.79 Å². The lowest BCUT2D eigenvalue weighted by atomic mass is 10.2. The maximum Gasteiger partial charge on any atom is 0.271 e. The Kier molecular flexibility index (Phi) is 5.50. The van der Waals surface area contributed by atoms with Crippen molar-refractivity contribution in [3.05, 3.63) is 28.1 Å². The van der Waals surface area contributed by atoms with E-state index in [0.29, 0.717) is 64.6 Å². The van der Waals surface area contributed by atoms with E-state index in [4.69, 9.17) is 20.6 Å². The smallest absolute Gasteiger partial charge is 0.271 e. The third-order valence-corrected chi connectivity index (χ3v) is 5.48. The standard InChI is InChI=1S/C18H19BrN8O3/c1-29-17-10(6-9(7-20)14(21)26-17)24-15-11-12(19)13(25-16(11)23-8-22-15)18(28)27-2-4-30-5-3-27/h6-8,20H,2-5H2,1H3,(H2,21,26)(H2,22,23,24,25). The zero-order valence-corrected chi connectivity index (χ0v) is 17.6. The van der Waals surface area contributed by atoms with Crippen LogP contribution in [0.1, 0.15) is 16.1 Å². The van der Waals surface area contributed by atoms with Crippen LogP contribution < -0.4 is 15.8 Å². The van der Waals surface area contributed by atoms with Crippen LogP contribution in [0.3, 0.4) is 0 Å². The van der Waals surface area contributed by atoms with Gasteiger partial charge < -0.3 is 35.8 Å². The van der Waals surface area contributed by atoms with Crippen LogP contribution in [0.15, 0.2) is 16.9 Å². The number of pyridine rings is 1. The number of nitrogens with two attached hydrogens (primary N) is 1. The number of methoxy groups -OCH3 is 1. The molecule has 3 aromatic rings. The summed E-state index contributed by atoms with van der Waals surface area (Å²) in [6.07, 6.45) is 2.49. The van der Waals surface area contributed by atoms with Crippen LogP contribution in [-0.4, -0.2) is 70.4 Å². The summed E-state index contributed by atoms with van der Waals surface area (Å²) < 4.78 is 11.2. The first-order chi connectivity index (χ1) is 14.5. The molecule has 3 aromatic heterocycles. The largest absolute Gasteiger partial charge is 0.479 e. The Bertz CT molecular complexity index is 1130. The van der Waals surface area contributed by atoms with Crippen LogP contribution >= 0.6 is 15.9 Å². The molecule has 0 atom stereocenters. The maximum atomic E-state index is 13.0. The molecule has 0 bridgehead atoms. The second-order valence-corrected chi connectivity index (χ2v) is 7.25. The molecule has 1 aliphatic heterocycles. The van der Waals surface area contributed by atoms with Crippen molar-refractivity contribution in [3.8, 4) is 5.88 Å². The molecule has 0 aliphatic carbocycles. The summed E-state index contributed by atoms with van der Waals surface area (Å²) in [5.41, 5.74) is 7.61. The van der Waals surface area contributed by atoms with Crippen LogP contribution in [0.4, 0.5) is 17.3 Å². The molecule has 11 nitrogen and oxygen atoms in total. The summed E-state index contributed by atoms with van der Waals surface area (Å²) >= 11 is 3.53. The number of aromatic amines is 1. The van der Waals surface area contributed by atoms with Gasteiger partial charge in [0.15, 0.2) is 0 Å². The molecule has 1 saturated heterocycles. The third-order valence-electron chi connectivity index (χ3n) is 4.69. The molecule has 4 rings (SSSR count). The monoisotopic (exact) mass is 474 g/mol. The van der Waals surface area contributed by atoms with E-state index in [2.05, 4.69) is 41.2 Å². The number of nitrogens with zero attached hydrogens (tertiary/aromatic N) is 4. The average Bonchev–Trinajstić information content (AvgIpc) is 3.12. The molecule has 1 aliphatic rings. The van der Waals surface area contributed by atoms with Crippen LogP contribution in [-0.2, 0) is 4.74 Å². The summed E-state index contributed by atoms with van der Waals surface area (Å²) in [6, 6.07) is 1.64. The second-order valence-electron chi connectivity index (χ2n) is 6.45. The molecule has 30 heavy (non-hydrogen) atoms. The van der Waals surface area contributed by atoms with Gasteiger partial charge in [-0.1, -0.05) is 0 Å². The molecule has 0 spiro atoms. The molecular formula is C18H19BrN8O3. The second kappa shape index (κ2) is 8.24. The van der Waals surface area contributed by atoms with E-state index < -0.39 is 0 Å². The van der Waals surface area contributed by atoms with Gasteiger partial charge in [-0.25, -0.2) is 9.97 Å². The van der Waals surface area contributed by atoms with Gasteiger partial charge in [0.25, 0.3) is 5.91 Å². The van der Waals surface area contributed by atoms with Gasteiger partial charge in [-0.2, -0.15) is 4.98 Å². The SMILES string of the molecule is COc1nc(N)c(C=N)cc1Nc1ncnc2[nH]c(C(=O)N3CCOCC3)c(Br)c12. The van der Waals surface area contributed by atoms with Gasteiger partial charge in [-0.15, -0.1) is 0 Å². The van der Waals surface area contributed by atoms with Gasteiger partial charge in [-0.3, -0.25) is 4.79 Å². The number of carbonyl (C=O) groups excluding carboxylic acids is 1.